The number of hydrogen-bond acceptors (Lipinski definition) is 6. The van der Waals surface area contributed by atoms with Crippen LogP contribution >= 0.6 is 0 Å². The zero-order chi connectivity index (χ0) is 15.6. The molecule has 0 amide bonds. The van der Waals surface area contributed by atoms with Crippen LogP contribution in [0.15, 0.2) is 58.3 Å². The van der Waals surface area contributed by atoms with Crippen molar-refractivity contribution in [2.75, 3.05) is 0 Å². The van der Waals surface area contributed by atoms with Crippen molar-refractivity contribution in [3.8, 4) is 0 Å². The monoisotopic (exact) mass is 442 g/mol. The quantitative estimate of drug-likeness (QED) is 0.555. The smallest absolute Gasteiger partial charge is 0.545 e. The summed E-state index contributed by atoms with van der Waals surface area (Å²) in [6.07, 6.45) is 0. The predicted molar refractivity (Wildman–Crippen MR) is 72.8 cm³/mol. The molecule has 0 heterocycles. The maximum atomic E-state index is 12.5. The average Bonchev–Trinajstić information content (AvgIpc) is 2.47. The van der Waals surface area contributed by atoms with E-state index in [4.69, 9.17) is 0 Å². The molecule has 0 spiro atoms. The van der Waals surface area contributed by atoms with Gasteiger partial charge in [-0.1, -0.05) is 36.4 Å². The van der Waals surface area contributed by atoms with Crippen molar-refractivity contribution in [2.24, 2.45) is 0 Å². The molecular weight excluding hydrogens is 434 g/mol. The molecule has 0 aliphatic heterocycles. The van der Waals surface area contributed by atoms with E-state index in [-0.39, 0.29) is 48.9 Å². The molecule has 2 aromatic rings. The molecule has 0 N–H and O–H groups in total. The second kappa shape index (κ2) is 7.45. The van der Waals surface area contributed by atoms with E-state index in [9.17, 15) is 28.2 Å². The number of carbonyl (C=O) groups excluding carboxylic acids is 2. The van der Waals surface area contributed by atoms with E-state index in [2.05, 4.69) is 0 Å². The zero-order valence-corrected chi connectivity index (χ0v) is 16.4. The summed E-state index contributed by atoms with van der Waals surface area (Å²) >= 11 is 0. The van der Waals surface area contributed by atoms with Gasteiger partial charge in [-0.25, -0.2) is 8.42 Å². The fourth-order valence-corrected chi connectivity index (χ4v) is 3.49. The van der Waals surface area contributed by atoms with Crippen LogP contribution in [0.3, 0.4) is 0 Å². The van der Waals surface area contributed by atoms with Gasteiger partial charge < -0.3 is 19.8 Å². The summed E-state index contributed by atoms with van der Waals surface area (Å²) in [5.74, 6) is -3.33. The van der Waals surface area contributed by atoms with Crippen LogP contribution in [0.5, 0.6) is 0 Å². The predicted octanol–water partition coefficient (Wildman–Crippen LogP) is -1.13. The molecule has 6 nitrogen and oxygen atoms in total. The molecule has 0 saturated carbocycles. The topological polar surface area (TPSA) is 114 Å². The van der Waals surface area contributed by atoms with E-state index in [0.717, 1.165) is 24.3 Å². The summed E-state index contributed by atoms with van der Waals surface area (Å²) in [7, 11) is -4.33. The second-order valence-corrected chi connectivity index (χ2v) is 5.96. The van der Waals surface area contributed by atoms with E-state index in [0.29, 0.717) is 0 Å². The molecular formula is C14H8BaO6S. The molecule has 0 aromatic heterocycles. The summed E-state index contributed by atoms with van der Waals surface area (Å²) in [5, 5.41) is 22.0. The first-order chi connectivity index (χ1) is 9.85. The molecule has 2 aromatic carbocycles. The average molecular weight is 442 g/mol. The van der Waals surface area contributed by atoms with Crippen LogP contribution < -0.4 is 10.2 Å². The first-order valence-electron chi connectivity index (χ1n) is 5.71. The number of carboxylic acids is 2. The van der Waals surface area contributed by atoms with Crippen LogP contribution in [0, 0.1) is 0 Å². The Morgan fingerprint density at radius 3 is 1.36 bits per heavy atom. The molecule has 0 atom stereocenters. The number of hydrogen-bond donors (Lipinski definition) is 0. The van der Waals surface area contributed by atoms with Gasteiger partial charge in [0.1, 0.15) is 0 Å². The maximum Gasteiger partial charge on any atom is 2.00 e. The van der Waals surface area contributed by atoms with Crippen LogP contribution in [0.25, 0.3) is 0 Å². The Kier molecular flexibility index (Phi) is 6.41. The molecule has 0 aliphatic carbocycles. The molecule has 8 heteroatoms. The molecule has 0 aliphatic rings. The minimum Gasteiger partial charge on any atom is -0.545 e. The summed E-state index contributed by atoms with van der Waals surface area (Å²) in [6.45, 7) is 0. The van der Waals surface area contributed by atoms with Crippen molar-refractivity contribution in [1.82, 2.24) is 0 Å². The van der Waals surface area contributed by atoms with E-state index in [1.807, 2.05) is 0 Å². The molecule has 0 fully saturated rings. The third-order valence-electron chi connectivity index (χ3n) is 2.79. The number of sulfone groups is 1. The standard InChI is InChI=1S/C14H10O6S.Ba/c15-13(16)9-5-1-3-7-11(9)21(19,20)12-8-4-2-6-10(12)14(17)18;/h1-8H,(H,15,16)(H,17,18);/q;+2/p-2. The van der Waals surface area contributed by atoms with Gasteiger partial charge in [-0.05, 0) is 12.1 Å². The van der Waals surface area contributed by atoms with Crippen molar-refractivity contribution in [2.45, 2.75) is 9.79 Å². The number of rotatable bonds is 4. The fraction of sp³-hybridized carbons (Fsp3) is 0. The first kappa shape index (κ1) is 18.9. The number of carbonyl (C=O) groups is 2. The normalized spacial score (nSPS) is 10.5. The van der Waals surface area contributed by atoms with Gasteiger partial charge in [-0.2, -0.15) is 0 Å². The maximum absolute atomic E-state index is 12.5. The Morgan fingerprint density at radius 2 is 1.05 bits per heavy atom. The summed E-state index contributed by atoms with van der Waals surface area (Å²) < 4.78 is 25.0. The minimum absolute atomic E-state index is 0. The van der Waals surface area contributed by atoms with E-state index in [1.54, 1.807) is 0 Å². The molecule has 2 rings (SSSR count). The third kappa shape index (κ3) is 3.62. The largest absolute Gasteiger partial charge is 2.00 e. The fourth-order valence-electron chi connectivity index (χ4n) is 1.86. The molecule has 108 valence electrons. The molecule has 22 heavy (non-hydrogen) atoms. The number of benzene rings is 2. The van der Waals surface area contributed by atoms with Gasteiger partial charge in [0.15, 0.2) is 0 Å². The Balaban J connectivity index is 0.00000242. The number of aromatic carboxylic acids is 2. The summed E-state index contributed by atoms with van der Waals surface area (Å²) in [6, 6.07) is 9.65. The molecule has 0 radical (unpaired) electrons. The van der Waals surface area contributed by atoms with Gasteiger partial charge in [-0.3, -0.25) is 0 Å². The van der Waals surface area contributed by atoms with Crippen molar-refractivity contribution < 1.29 is 28.2 Å². The Bertz CT molecular complexity index is 765. The van der Waals surface area contributed by atoms with Crippen LogP contribution in [-0.4, -0.2) is 69.2 Å². The van der Waals surface area contributed by atoms with Crippen LogP contribution in [0.1, 0.15) is 20.7 Å². The van der Waals surface area contributed by atoms with Crippen LogP contribution in [-0.2, 0) is 9.84 Å². The molecule has 0 unspecified atom stereocenters. The molecule has 0 bridgehead atoms. The van der Waals surface area contributed by atoms with Gasteiger partial charge in [0.25, 0.3) is 0 Å². The van der Waals surface area contributed by atoms with Crippen molar-refractivity contribution in [3.63, 3.8) is 0 Å². The second-order valence-electron chi connectivity index (χ2n) is 4.07. The minimum atomic E-state index is -4.33. The third-order valence-corrected chi connectivity index (χ3v) is 4.66. The van der Waals surface area contributed by atoms with Crippen molar-refractivity contribution in [3.05, 3.63) is 59.7 Å². The summed E-state index contributed by atoms with van der Waals surface area (Å²) in [5.41, 5.74) is -1.07. The summed E-state index contributed by atoms with van der Waals surface area (Å²) in [4.78, 5) is 21.0. The van der Waals surface area contributed by atoms with E-state index in [1.165, 1.54) is 24.3 Å². The van der Waals surface area contributed by atoms with Gasteiger partial charge in [0, 0.05) is 11.1 Å². The Hall–Kier alpha value is -1.10. The van der Waals surface area contributed by atoms with Crippen molar-refractivity contribution >= 4 is 70.7 Å². The van der Waals surface area contributed by atoms with E-state index < -0.39 is 42.7 Å². The van der Waals surface area contributed by atoms with Crippen LogP contribution in [0.4, 0.5) is 0 Å². The van der Waals surface area contributed by atoms with Crippen LogP contribution in [0.2, 0.25) is 0 Å². The Labute approximate surface area is 166 Å². The number of carboxylic acid groups (broad SMARTS) is 2. The van der Waals surface area contributed by atoms with Crippen molar-refractivity contribution in [1.29, 1.82) is 0 Å². The van der Waals surface area contributed by atoms with E-state index >= 15 is 0 Å². The van der Waals surface area contributed by atoms with Gasteiger partial charge in [0.2, 0.25) is 9.84 Å². The Morgan fingerprint density at radius 1 is 0.727 bits per heavy atom. The SMILES string of the molecule is O=C([O-])c1ccccc1S(=O)(=O)c1ccccc1C(=O)[O-].[Ba+2]. The van der Waals surface area contributed by atoms with Gasteiger partial charge in [-0.15, -0.1) is 0 Å². The molecule has 0 saturated heterocycles. The van der Waals surface area contributed by atoms with Gasteiger partial charge >= 0.3 is 48.9 Å². The first-order valence-corrected chi connectivity index (χ1v) is 7.20. The zero-order valence-electron chi connectivity index (χ0n) is 11.2. The van der Waals surface area contributed by atoms with Gasteiger partial charge in [0.05, 0.1) is 21.7 Å².